The second kappa shape index (κ2) is 17.2. The number of benzene rings is 2. The van der Waals surface area contributed by atoms with Gasteiger partial charge in [0.15, 0.2) is 0 Å². The minimum atomic E-state index is -4.66. The number of aliphatic hydroxyl groups is 1. The van der Waals surface area contributed by atoms with Crippen LogP contribution in [0.2, 0.25) is 5.02 Å². The van der Waals surface area contributed by atoms with Crippen molar-refractivity contribution >= 4 is 56.2 Å². The van der Waals surface area contributed by atoms with Gasteiger partial charge in [-0.25, -0.2) is 31.7 Å². The Morgan fingerprint density at radius 1 is 1.06 bits per heavy atom. The number of hydrogen-bond acceptors (Lipinski definition) is 13. The van der Waals surface area contributed by atoms with Crippen molar-refractivity contribution in [2.75, 3.05) is 56.1 Å². The fourth-order valence-corrected chi connectivity index (χ4v) is 7.95. The zero-order valence-electron chi connectivity index (χ0n) is 31.6. The minimum Gasteiger partial charge on any atom is -0.497 e. The molecule has 0 spiro atoms. The third kappa shape index (κ3) is 11.1. The number of ether oxygens (including phenoxy) is 4. The van der Waals surface area contributed by atoms with Crippen molar-refractivity contribution in [2.45, 2.75) is 82.6 Å². The molecule has 1 aliphatic rings. The maximum Gasteiger partial charge on any atom is 0.414 e. The highest BCUT2D eigenvalue weighted by atomic mass is 35.5. The molecule has 0 bridgehead atoms. The molecule has 3 aromatic rings. The lowest BCUT2D eigenvalue weighted by molar-refractivity contribution is -0.0959. The van der Waals surface area contributed by atoms with Crippen molar-refractivity contribution in [1.29, 1.82) is 0 Å². The summed E-state index contributed by atoms with van der Waals surface area (Å²) in [5, 5.41) is 13.7. The summed E-state index contributed by atoms with van der Waals surface area (Å²) in [5.74, 6) is -0.338. The first-order chi connectivity index (χ1) is 25.2. The third-order valence-corrected chi connectivity index (χ3v) is 10.8. The molecule has 2 amide bonds. The minimum absolute atomic E-state index is 0.0266. The zero-order valence-corrected chi connectivity index (χ0v) is 34.0. The van der Waals surface area contributed by atoms with Crippen molar-refractivity contribution in [2.24, 2.45) is 0 Å². The molecule has 2 aromatic carbocycles. The second-order valence-corrected chi connectivity index (χ2v) is 17.7. The van der Waals surface area contributed by atoms with Crippen LogP contribution in [0.1, 0.15) is 59.9 Å². The molecule has 1 aliphatic heterocycles. The number of unbranched alkanes of at least 4 members (excludes halogenated alkanes) is 1. The van der Waals surface area contributed by atoms with Crippen LogP contribution in [0.4, 0.5) is 24.8 Å². The van der Waals surface area contributed by atoms with Crippen LogP contribution >= 0.6 is 23.1 Å². The number of hydrogen-bond donors (Lipinski definition) is 2. The van der Waals surface area contributed by atoms with E-state index in [-0.39, 0.29) is 48.6 Å². The third-order valence-electron chi connectivity index (χ3n) is 7.91. The molecule has 0 atom stereocenters. The van der Waals surface area contributed by atoms with E-state index < -0.39 is 49.7 Å². The molecule has 54 heavy (non-hydrogen) atoms. The van der Waals surface area contributed by atoms with Gasteiger partial charge in [0, 0.05) is 42.3 Å². The van der Waals surface area contributed by atoms with Crippen molar-refractivity contribution in [3.8, 4) is 11.5 Å². The monoisotopic (exact) mass is 814 g/mol. The Morgan fingerprint density at radius 2 is 1.74 bits per heavy atom. The Kier molecular flexibility index (Phi) is 13.6. The maximum absolute atomic E-state index is 16.1. The number of anilines is 2. The molecule has 298 valence electrons. The number of β-amino-alcohol motifs (C(OH)–C–C–N with tert-alkyl or cyclic N) is 1. The molecule has 19 heteroatoms. The second-order valence-electron chi connectivity index (χ2n) is 14.7. The predicted molar refractivity (Wildman–Crippen MR) is 203 cm³/mol. The lowest BCUT2D eigenvalue weighted by Gasteiger charge is -2.46. The maximum atomic E-state index is 16.1. The number of aromatic nitrogens is 2. The summed E-state index contributed by atoms with van der Waals surface area (Å²) in [6.07, 6.45) is 0.827. The van der Waals surface area contributed by atoms with E-state index in [1.807, 2.05) is 0 Å². The lowest BCUT2D eigenvalue weighted by atomic mass is 9.94. The molecule has 0 saturated carbocycles. The molecule has 1 saturated heterocycles. The molecule has 1 fully saturated rings. The highest BCUT2D eigenvalue weighted by molar-refractivity contribution is 7.93. The number of likely N-dealkylation sites (tertiary alicyclic amines) is 1. The molecule has 1 aromatic heterocycles. The lowest BCUT2D eigenvalue weighted by Crippen LogP contribution is -2.67. The molecular weight excluding hydrogens is 767 g/mol. The number of amides is 2. The Labute approximate surface area is 324 Å². The first kappa shape index (κ1) is 42.8. The molecular formula is C35H48ClFN6O9S2. The SMILES string of the molecule is COc1ccc(CN(c2ncns2)S(=O)(=O)c2cc(Cl)c(N(CCCCNCC3(O)CN(C(=O)OC(C)(C)C)C3)C(=O)OC(C)(C)C)cc2F)c(OC)c1. The summed E-state index contributed by atoms with van der Waals surface area (Å²) in [6.45, 7) is 11.1. The number of methoxy groups -OCH3 is 2. The van der Waals surface area contributed by atoms with Gasteiger partial charge >= 0.3 is 12.2 Å². The number of carbonyl (C=O) groups is 2. The molecule has 0 unspecified atom stereocenters. The van der Waals surface area contributed by atoms with Crippen LogP contribution < -0.4 is 24.0 Å². The van der Waals surface area contributed by atoms with Gasteiger partial charge in [0.2, 0.25) is 5.13 Å². The van der Waals surface area contributed by atoms with Crippen LogP contribution in [-0.2, 0) is 26.0 Å². The number of rotatable bonds is 15. The molecule has 0 aliphatic carbocycles. The number of nitrogens with one attached hydrogen (secondary N) is 1. The summed E-state index contributed by atoms with van der Waals surface area (Å²) >= 11 is 7.46. The van der Waals surface area contributed by atoms with E-state index in [1.165, 1.54) is 25.4 Å². The molecule has 4 rings (SSSR count). The fourth-order valence-electron chi connectivity index (χ4n) is 5.41. The van der Waals surface area contributed by atoms with Crippen LogP contribution in [0.3, 0.4) is 0 Å². The van der Waals surface area contributed by atoms with E-state index in [2.05, 4.69) is 14.7 Å². The number of sulfonamides is 1. The Hall–Kier alpha value is -3.97. The van der Waals surface area contributed by atoms with E-state index in [9.17, 15) is 23.1 Å². The molecule has 0 radical (unpaired) electrons. The standard InChI is InChI=1S/C35H48ClFN6O9S2/c1-33(2,3)51-31(44)41-20-35(46,21-41)19-38-13-9-10-14-42(32(45)52-34(4,5)6)27-17-26(37)29(16-25(27)36)54(47,48)43(30-39-22-40-53-30)18-23-11-12-24(49-7)15-28(23)50-8/h11-12,15-17,22,38,46H,9-10,13-14,18-21H2,1-8H3. The van der Waals surface area contributed by atoms with Gasteiger partial charge in [-0.2, -0.15) is 4.37 Å². The van der Waals surface area contributed by atoms with Crippen molar-refractivity contribution in [3.63, 3.8) is 0 Å². The quantitative estimate of drug-likeness (QED) is 0.176. The summed E-state index contributed by atoms with van der Waals surface area (Å²) in [4.78, 5) is 31.6. The summed E-state index contributed by atoms with van der Waals surface area (Å²) in [6, 6.07) is 6.70. The first-order valence-corrected chi connectivity index (χ1v) is 19.7. The normalized spacial score (nSPS) is 14.2. The topological polar surface area (TPSA) is 173 Å². The van der Waals surface area contributed by atoms with Gasteiger partial charge in [-0.3, -0.25) is 4.90 Å². The van der Waals surface area contributed by atoms with Crippen LogP contribution in [0.25, 0.3) is 0 Å². The van der Waals surface area contributed by atoms with E-state index in [0.29, 0.717) is 36.4 Å². The van der Waals surface area contributed by atoms with E-state index in [0.717, 1.165) is 32.9 Å². The zero-order chi connectivity index (χ0) is 40.1. The summed E-state index contributed by atoms with van der Waals surface area (Å²) in [5.41, 5.74) is -2.28. The van der Waals surface area contributed by atoms with Gasteiger partial charge in [0.25, 0.3) is 10.0 Å². The predicted octanol–water partition coefficient (Wildman–Crippen LogP) is 5.84. The van der Waals surface area contributed by atoms with Crippen molar-refractivity contribution in [3.05, 3.63) is 53.1 Å². The Balaban J connectivity index is 1.49. The van der Waals surface area contributed by atoms with Crippen LogP contribution in [-0.4, -0.2) is 104 Å². The smallest absolute Gasteiger partial charge is 0.414 e. The van der Waals surface area contributed by atoms with Crippen LogP contribution in [0.5, 0.6) is 11.5 Å². The summed E-state index contributed by atoms with van der Waals surface area (Å²) in [7, 11) is -1.75. The van der Waals surface area contributed by atoms with Gasteiger partial charge in [0.05, 0.1) is 44.6 Å². The Morgan fingerprint density at radius 3 is 2.33 bits per heavy atom. The summed E-state index contributed by atoms with van der Waals surface area (Å²) < 4.78 is 70.9. The fraction of sp³-hybridized carbons (Fsp3) is 0.543. The van der Waals surface area contributed by atoms with E-state index in [1.54, 1.807) is 59.7 Å². The van der Waals surface area contributed by atoms with E-state index >= 15 is 4.39 Å². The van der Waals surface area contributed by atoms with Crippen LogP contribution in [0, 0.1) is 5.82 Å². The molecule has 2 heterocycles. The van der Waals surface area contributed by atoms with Gasteiger partial charge in [-0.05, 0) is 79.1 Å². The van der Waals surface area contributed by atoms with E-state index in [4.69, 9.17) is 30.5 Å². The largest absolute Gasteiger partial charge is 0.497 e. The van der Waals surface area contributed by atoms with Crippen LogP contribution in [0.15, 0.2) is 41.6 Å². The average Bonchev–Trinajstić information content (AvgIpc) is 3.59. The number of halogens is 2. The van der Waals surface area contributed by atoms with Gasteiger partial charge in [0.1, 0.15) is 45.3 Å². The molecule has 15 nitrogen and oxygen atoms in total. The Bertz CT molecular complexity index is 1880. The molecule has 2 N–H and O–H groups in total. The number of nitrogens with zero attached hydrogens (tertiary/aromatic N) is 5. The van der Waals surface area contributed by atoms with Crippen molar-refractivity contribution < 1.29 is 46.5 Å². The average molecular weight is 815 g/mol. The van der Waals surface area contributed by atoms with Crippen molar-refractivity contribution in [1.82, 2.24) is 19.6 Å². The van der Waals surface area contributed by atoms with Gasteiger partial charge in [-0.15, -0.1) is 0 Å². The first-order valence-electron chi connectivity index (χ1n) is 17.1. The highest BCUT2D eigenvalue weighted by Gasteiger charge is 2.44. The van der Waals surface area contributed by atoms with Gasteiger partial charge < -0.3 is 34.3 Å². The van der Waals surface area contributed by atoms with Gasteiger partial charge in [-0.1, -0.05) is 11.6 Å². The highest BCUT2D eigenvalue weighted by Crippen LogP contribution is 2.37. The number of carbonyl (C=O) groups excluding carboxylic acids is 2.